The molecule has 2 aromatic rings. The maximum atomic E-state index is 12.9. The van der Waals surface area contributed by atoms with Crippen LogP contribution in [0.25, 0.3) is 6.08 Å². The Bertz CT molecular complexity index is 731. The van der Waals surface area contributed by atoms with Crippen molar-refractivity contribution >= 4 is 12.0 Å². The van der Waals surface area contributed by atoms with E-state index in [2.05, 4.69) is 5.10 Å². The number of nitrogens with zero attached hydrogens (tertiary/aromatic N) is 3. The number of likely N-dealkylation sites (tertiary alicyclic amines) is 1. The van der Waals surface area contributed by atoms with Gasteiger partial charge >= 0.3 is 0 Å². The molecule has 0 atom stereocenters. The van der Waals surface area contributed by atoms with E-state index in [0.29, 0.717) is 25.6 Å². The maximum Gasteiger partial charge on any atom is 0.246 e. The molecule has 0 radical (unpaired) electrons. The zero-order valence-electron chi connectivity index (χ0n) is 14.0. The molecule has 0 saturated carbocycles. The van der Waals surface area contributed by atoms with Gasteiger partial charge in [-0.3, -0.25) is 9.48 Å². The number of carbonyl (C=O) groups is 1. The van der Waals surface area contributed by atoms with E-state index in [0.717, 1.165) is 24.1 Å². The predicted octanol–water partition coefficient (Wildman–Crippen LogP) is 2.43. The van der Waals surface area contributed by atoms with Gasteiger partial charge in [-0.15, -0.1) is 0 Å². The molecule has 1 aliphatic rings. The highest BCUT2D eigenvalue weighted by molar-refractivity contribution is 5.91. The van der Waals surface area contributed by atoms with Gasteiger partial charge in [0.2, 0.25) is 5.91 Å². The molecule has 1 saturated heterocycles. The molecule has 25 heavy (non-hydrogen) atoms. The SMILES string of the molecule is O=C(/C=C/c1ccc(F)cc1)N1CCC(c2ccnn2CCO)CC1. The van der Waals surface area contributed by atoms with Crippen molar-refractivity contribution in [2.45, 2.75) is 25.3 Å². The van der Waals surface area contributed by atoms with Crippen molar-refractivity contribution in [3.05, 3.63) is 59.7 Å². The fourth-order valence-corrected chi connectivity index (χ4v) is 3.21. The average molecular weight is 343 g/mol. The molecule has 0 spiro atoms. The molecule has 6 heteroatoms. The minimum Gasteiger partial charge on any atom is -0.394 e. The van der Waals surface area contributed by atoms with Crippen LogP contribution < -0.4 is 0 Å². The van der Waals surface area contributed by atoms with Crippen LogP contribution in [0.2, 0.25) is 0 Å². The summed E-state index contributed by atoms with van der Waals surface area (Å²) in [7, 11) is 0. The van der Waals surface area contributed by atoms with E-state index in [1.165, 1.54) is 12.1 Å². The number of hydrogen-bond donors (Lipinski definition) is 1. The number of hydrogen-bond acceptors (Lipinski definition) is 3. The molecule has 132 valence electrons. The average Bonchev–Trinajstić information content (AvgIpc) is 3.10. The summed E-state index contributed by atoms with van der Waals surface area (Å²) in [6.07, 6.45) is 6.78. The highest BCUT2D eigenvalue weighted by Gasteiger charge is 2.24. The number of aliphatic hydroxyl groups excluding tert-OH is 1. The minimum atomic E-state index is -0.286. The van der Waals surface area contributed by atoms with Crippen molar-refractivity contribution in [2.24, 2.45) is 0 Å². The van der Waals surface area contributed by atoms with Gasteiger partial charge < -0.3 is 10.0 Å². The Labute approximate surface area is 146 Å². The van der Waals surface area contributed by atoms with E-state index < -0.39 is 0 Å². The van der Waals surface area contributed by atoms with Crippen LogP contribution in [0.4, 0.5) is 4.39 Å². The lowest BCUT2D eigenvalue weighted by molar-refractivity contribution is -0.127. The van der Waals surface area contributed by atoms with Gasteiger partial charge in [0, 0.05) is 37.0 Å². The van der Waals surface area contributed by atoms with E-state index >= 15 is 0 Å². The van der Waals surface area contributed by atoms with E-state index in [1.807, 2.05) is 15.6 Å². The Balaban J connectivity index is 1.55. The molecule has 0 unspecified atom stereocenters. The number of amides is 1. The van der Waals surface area contributed by atoms with Crippen LogP contribution in [0.3, 0.4) is 0 Å². The predicted molar refractivity (Wildman–Crippen MR) is 93.3 cm³/mol. The lowest BCUT2D eigenvalue weighted by Gasteiger charge is -2.31. The van der Waals surface area contributed by atoms with Crippen LogP contribution >= 0.6 is 0 Å². The second kappa shape index (κ2) is 8.07. The third-order valence-electron chi connectivity index (χ3n) is 4.57. The molecule has 1 aromatic heterocycles. The third-order valence-corrected chi connectivity index (χ3v) is 4.57. The number of aliphatic hydroxyl groups is 1. The van der Waals surface area contributed by atoms with Gasteiger partial charge in [-0.2, -0.15) is 5.10 Å². The normalized spacial score (nSPS) is 15.8. The molecule has 3 rings (SSSR count). The number of rotatable bonds is 5. The Morgan fingerprint density at radius 1 is 1.24 bits per heavy atom. The topological polar surface area (TPSA) is 58.4 Å². The number of aromatic nitrogens is 2. The molecule has 0 aliphatic carbocycles. The lowest BCUT2D eigenvalue weighted by atomic mass is 9.93. The summed E-state index contributed by atoms with van der Waals surface area (Å²) < 4.78 is 14.7. The summed E-state index contributed by atoms with van der Waals surface area (Å²) in [5.41, 5.74) is 1.93. The van der Waals surface area contributed by atoms with Gasteiger partial charge in [-0.25, -0.2) is 4.39 Å². The first-order valence-corrected chi connectivity index (χ1v) is 8.52. The molecule has 2 heterocycles. The number of benzene rings is 1. The van der Waals surface area contributed by atoms with Gasteiger partial charge in [0.25, 0.3) is 0 Å². The third kappa shape index (κ3) is 4.33. The smallest absolute Gasteiger partial charge is 0.246 e. The van der Waals surface area contributed by atoms with Gasteiger partial charge in [-0.1, -0.05) is 12.1 Å². The number of piperidine rings is 1. The second-order valence-corrected chi connectivity index (χ2v) is 6.19. The zero-order valence-corrected chi connectivity index (χ0v) is 14.0. The summed E-state index contributed by atoms with van der Waals surface area (Å²) >= 11 is 0. The highest BCUT2D eigenvalue weighted by atomic mass is 19.1. The largest absolute Gasteiger partial charge is 0.394 e. The summed E-state index contributed by atoms with van der Waals surface area (Å²) in [5.74, 6) is 0.0526. The molecule has 1 fully saturated rings. The summed E-state index contributed by atoms with van der Waals surface area (Å²) in [6, 6.07) is 8.05. The van der Waals surface area contributed by atoms with Gasteiger partial charge in [0.1, 0.15) is 5.82 Å². The highest BCUT2D eigenvalue weighted by Crippen LogP contribution is 2.28. The number of halogens is 1. The molecule has 1 aromatic carbocycles. The van der Waals surface area contributed by atoms with Crippen LogP contribution in [0, 0.1) is 5.82 Å². The minimum absolute atomic E-state index is 0.0216. The van der Waals surface area contributed by atoms with Crippen LogP contribution in [0.15, 0.2) is 42.6 Å². The molecule has 0 bridgehead atoms. The van der Waals surface area contributed by atoms with E-state index in [-0.39, 0.29) is 18.3 Å². The fourth-order valence-electron chi connectivity index (χ4n) is 3.21. The van der Waals surface area contributed by atoms with E-state index in [1.54, 1.807) is 30.5 Å². The molecule has 5 nitrogen and oxygen atoms in total. The molecule has 1 amide bonds. The van der Waals surface area contributed by atoms with Crippen LogP contribution in [-0.2, 0) is 11.3 Å². The lowest BCUT2D eigenvalue weighted by Crippen LogP contribution is -2.37. The zero-order chi connectivity index (χ0) is 17.6. The van der Waals surface area contributed by atoms with Crippen molar-refractivity contribution in [3.63, 3.8) is 0 Å². The van der Waals surface area contributed by atoms with Crippen molar-refractivity contribution in [2.75, 3.05) is 19.7 Å². The van der Waals surface area contributed by atoms with Crippen LogP contribution in [0.5, 0.6) is 0 Å². The summed E-state index contributed by atoms with van der Waals surface area (Å²) in [5, 5.41) is 13.3. The van der Waals surface area contributed by atoms with Crippen molar-refractivity contribution in [3.8, 4) is 0 Å². The Kier molecular flexibility index (Phi) is 5.60. The molecule has 1 aliphatic heterocycles. The fraction of sp³-hybridized carbons (Fsp3) is 0.368. The maximum absolute atomic E-state index is 12.9. The number of carbonyl (C=O) groups excluding carboxylic acids is 1. The standard InChI is InChI=1S/C19H22FN3O2/c20-17-4-1-15(2-5-17)3-6-19(25)22-11-8-16(9-12-22)18-7-10-21-23(18)13-14-24/h1-7,10,16,24H,8-9,11-14H2/b6-3+. The van der Waals surface area contributed by atoms with Crippen molar-refractivity contribution < 1.29 is 14.3 Å². The quantitative estimate of drug-likeness (QED) is 0.849. The second-order valence-electron chi connectivity index (χ2n) is 6.19. The first-order chi connectivity index (χ1) is 12.2. The first kappa shape index (κ1) is 17.4. The summed E-state index contributed by atoms with van der Waals surface area (Å²) in [4.78, 5) is 14.2. The van der Waals surface area contributed by atoms with Gasteiger partial charge in [0.15, 0.2) is 0 Å². The van der Waals surface area contributed by atoms with Crippen molar-refractivity contribution in [1.82, 2.24) is 14.7 Å². The van der Waals surface area contributed by atoms with Gasteiger partial charge in [0.05, 0.1) is 13.2 Å². The first-order valence-electron chi connectivity index (χ1n) is 8.52. The molecular formula is C19H22FN3O2. The van der Waals surface area contributed by atoms with Crippen LogP contribution in [0.1, 0.15) is 30.0 Å². The van der Waals surface area contributed by atoms with Crippen LogP contribution in [-0.4, -0.2) is 45.4 Å². The van der Waals surface area contributed by atoms with Crippen molar-refractivity contribution in [1.29, 1.82) is 0 Å². The van der Waals surface area contributed by atoms with Gasteiger partial charge in [-0.05, 0) is 42.7 Å². The van der Waals surface area contributed by atoms with E-state index in [9.17, 15) is 9.18 Å². The van der Waals surface area contributed by atoms with E-state index in [4.69, 9.17) is 5.11 Å². The Morgan fingerprint density at radius 2 is 1.96 bits per heavy atom. The Morgan fingerprint density at radius 3 is 2.64 bits per heavy atom. The summed E-state index contributed by atoms with van der Waals surface area (Å²) in [6.45, 7) is 1.96. The Hall–Kier alpha value is -2.47. The monoisotopic (exact) mass is 343 g/mol. The molecule has 1 N–H and O–H groups in total. The molecular weight excluding hydrogens is 321 g/mol.